The second-order valence-corrected chi connectivity index (χ2v) is 6.33. The van der Waals surface area contributed by atoms with E-state index in [-0.39, 0.29) is 28.8 Å². The highest BCUT2D eigenvalue weighted by atomic mass is 16.2. The zero-order valence-corrected chi connectivity index (χ0v) is 13.4. The second kappa shape index (κ2) is 5.79. The maximum Gasteiger partial charge on any atom is 0.268 e. The molecule has 6 nitrogen and oxygen atoms in total. The zero-order valence-electron chi connectivity index (χ0n) is 13.4. The summed E-state index contributed by atoms with van der Waals surface area (Å²) in [6.45, 7) is 11.6. The summed E-state index contributed by atoms with van der Waals surface area (Å²) in [7, 11) is 0. The van der Waals surface area contributed by atoms with E-state index in [2.05, 4.69) is 27.2 Å². The van der Waals surface area contributed by atoms with Gasteiger partial charge in [-0.05, 0) is 12.0 Å². The topological polar surface area (TPSA) is 86.9 Å². The number of rotatable bonds is 4. The van der Waals surface area contributed by atoms with Crippen LogP contribution in [0, 0.1) is 5.92 Å². The number of nitrogens with zero attached hydrogens (tertiary/aromatic N) is 1. The largest absolute Gasteiger partial charge is 0.347 e. The summed E-state index contributed by atoms with van der Waals surface area (Å²) in [5.74, 6) is -0.476. The van der Waals surface area contributed by atoms with E-state index in [1.807, 2.05) is 27.7 Å². The average Bonchev–Trinajstić information content (AvgIpc) is 2.91. The lowest BCUT2D eigenvalue weighted by atomic mass is 9.88. The lowest BCUT2D eigenvalue weighted by Gasteiger charge is -2.27. The number of piperazine rings is 1. The number of hydrogen-bond donors (Lipinski definition) is 3. The molecule has 1 aliphatic rings. The molecule has 0 radical (unpaired) electrons. The van der Waals surface area contributed by atoms with Gasteiger partial charge in [0.05, 0.1) is 17.7 Å². The number of H-pyrrole nitrogens is 1. The predicted molar refractivity (Wildman–Crippen MR) is 84.7 cm³/mol. The molecule has 0 saturated carbocycles. The third-order valence-corrected chi connectivity index (χ3v) is 3.84. The fraction of sp³-hybridized carbons (Fsp3) is 0.438. The molecule has 6 heteroatoms. The van der Waals surface area contributed by atoms with Crippen LogP contribution in [0.25, 0.3) is 6.08 Å². The molecule has 118 valence electrons. The SMILES string of the molecule is C=CC(C)(C)c1[nH]cnc1C=C1NC(=O)C(C(C)C)NC1=O. The normalized spacial score (nSPS) is 21.0. The number of aromatic amines is 1. The van der Waals surface area contributed by atoms with Crippen LogP contribution in [-0.4, -0.2) is 27.8 Å². The zero-order chi connectivity index (χ0) is 16.5. The number of imidazole rings is 1. The monoisotopic (exact) mass is 302 g/mol. The van der Waals surface area contributed by atoms with Crippen molar-refractivity contribution in [3.8, 4) is 0 Å². The molecule has 1 aromatic rings. The van der Waals surface area contributed by atoms with Gasteiger partial charge in [0.15, 0.2) is 0 Å². The van der Waals surface area contributed by atoms with Crippen molar-refractivity contribution in [2.45, 2.75) is 39.2 Å². The number of allylic oxidation sites excluding steroid dienone is 1. The van der Waals surface area contributed by atoms with Gasteiger partial charge < -0.3 is 15.6 Å². The number of carbonyl (C=O) groups excluding carboxylic acids is 2. The van der Waals surface area contributed by atoms with E-state index in [0.717, 1.165) is 5.69 Å². The fourth-order valence-corrected chi connectivity index (χ4v) is 2.29. The molecule has 0 spiro atoms. The van der Waals surface area contributed by atoms with Gasteiger partial charge in [-0.3, -0.25) is 9.59 Å². The Morgan fingerprint density at radius 2 is 2.05 bits per heavy atom. The fourth-order valence-electron chi connectivity index (χ4n) is 2.29. The molecule has 1 atom stereocenters. The van der Waals surface area contributed by atoms with E-state index < -0.39 is 6.04 Å². The van der Waals surface area contributed by atoms with Crippen molar-refractivity contribution in [1.29, 1.82) is 0 Å². The summed E-state index contributed by atoms with van der Waals surface area (Å²) < 4.78 is 0. The summed E-state index contributed by atoms with van der Waals surface area (Å²) in [5, 5.41) is 5.39. The molecule has 1 saturated heterocycles. The molecule has 1 fully saturated rings. The highest BCUT2D eigenvalue weighted by Crippen LogP contribution is 2.26. The number of amides is 2. The second-order valence-electron chi connectivity index (χ2n) is 6.33. The van der Waals surface area contributed by atoms with Crippen LogP contribution < -0.4 is 10.6 Å². The Bertz CT molecular complexity index is 640. The van der Waals surface area contributed by atoms with E-state index in [4.69, 9.17) is 0 Å². The summed E-state index contributed by atoms with van der Waals surface area (Å²) in [5.41, 5.74) is 1.33. The first kappa shape index (κ1) is 16.0. The van der Waals surface area contributed by atoms with Crippen molar-refractivity contribution in [2.24, 2.45) is 5.92 Å². The molecule has 2 heterocycles. The quantitative estimate of drug-likeness (QED) is 0.581. The van der Waals surface area contributed by atoms with Gasteiger partial charge in [0, 0.05) is 5.41 Å². The highest BCUT2D eigenvalue weighted by Gasteiger charge is 2.32. The van der Waals surface area contributed by atoms with Crippen LogP contribution in [-0.2, 0) is 15.0 Å². The third kappa shape index (κ3) is 2.95. The van der Waals surface area contributed by atoms with Gasteiger partial charge in [-0.15, -0.1) is 6.58 Å². The van der Waals surface area contributed by atoms with Crippen molar-refractivity contribution >= 4 is 17.9 Å². The van der Waals surface area contributed by atoms with E-state index in [1.165, 1.54) is 0 Å². The van der Waals surface area contributed by atoms with Crippen LogP contribution in [0.4, 0.5) is 0 Å². The van der Waals surface area contributed by atoms with Crippen LogP contribution in [0.3, 0.4) is 0 Å². The molecule has 1 unspecified atom stereocenters. The minimum atomic E-state index is -0.507. The van der Waals surface area contributed by atoms with E-state index in [0.29, 0.717) is 5.69 Å². The molecular weight excluding hydrogens is 280 g/mol. The van der Waals surface area contributed by atoms with Gasteiger partial charge in [0.1, 0.15) is 11.7 Å². The Morgan fingerprint density at radius 3 is 2.64 bits per heavy atom. The van der Waals surface area contributed by atoms with Crippen LogP contribution in [0.2, 0.25) is 0 Å². The smallest absolute Gasteiger partial charge is 0.268 e. The first-order valence-corrected chi connectivity index (χ1v) is 7.27. The molecule has 1 aromatic heterocycles. The molecule has 2 amide bonds. The van der Waals surface area contributed by atoms with Crippen molar-refractivity contribution in [3.05, 3.63) is 36.1 Å². The van der Waals surface area contributed by atoms with Crippen LogP contribution in [0.5, 0.6) is 0 Å². The van der Waals surface area contributed by atoms with Crippen molar-refractivity contribution in [3.63, 3.8) is 0 Å². The standard InChI is InChI=1S/C16H22N4O2/c1-6-16(4,5)13-10(17-8-18-13)7-11-14(21)20-12(9(2)3)15(22)19-11/h6-9,12H,1H2,2-5H3,(H,17,18)(H,19,22)(H,20,21). The Labute approximate surface area is 130 Å². The van der Waals surface area contributed by atoms with Crippen molar-refractivity contribution in [2.75, 3.05) is 0 Å². The molecule has 0 bridgehead atoms. The van der Waals surface area contributed by atoms with E-state index in [1.54, 1.807) is 18.5 Å². The summed E-state index contributed by atoms with van der Waals surface area (Å²) >= 11 is 0. The van der Waals surface area contributed by atoms with Gasteiger partial charge in [-0.2, -0.15) is 0 Å². The predicted octanol–water partition coefficient (Wildman–Crippen LogP) is 1.48. The van der Waals surface area contributed by atoms with Crippen molar-refractivity contribution < 1.29 is 9.59 Å². The molecule has 1 aliphatic heterocycles. The van der Waals surface area contributed by atoms with Gasteiger partial charge in [-0.25, -0.2) is 4.98 Å². The van der Waals surface area contributed by atoms with Crippen LogP contribution in [0.1, 0.15) is 39.1 Å². The molecule has 0 aliphatic carbocycles. The minimum Gasteiger partial charge on any atom is -0.347 e. The van der Waals surface area contributed by atoms with Gasteiger partial charge in [0.2, 0.25) is 5.91 Å². The molecule has 22 heavy (non-hydrogen) atoms. The van der Waals surface area contributed by atoms with Gasteiger partial charge >= 0.3 is 0 Å². The molecule has 0 aromatic carbocycles. The molecular formula is C16H22N4O2. The Kier molecular flexibility index (Phi) is 4.21. The van der Waals surface area contributed by atoms with Crippen molar-refractivity contribution in [1.82, 2.24) is 20.6 Å². The number of nitrogens with one attached hydrogen (secondary N) is 3. The summed E-state index contributed by atoms with van der Waals surface area (Å²) in [4.78, 5) is 31.5. The number of hydrogen-bond acceptors (Lipinski definition) is 3. The summed E-state index contributed by atoms with van der Waals surface area (Å²) in [6.07, 6.45) is 4.95. The molecule has 3 N–H and O–H groups in total. The summed E-state index contributed by atoms with van der Waals surface area (Å²) in [6, 6.07) is -0.507. The first-order valence-electron chi connectivity index (χ1n) is 7.27. The average molecular weight is 302 g/mol. The molecule has 2 rings (SSSR count). The van der Waals surface area contributed by atoms with Gasteiger partial charge in [0.25, 0.3) is 5.91 Å². The highest BCUT2D eigenvalue weighted by molar-refractivity contribution is 6.07. The van der Waals surface area contributed by atoms with E-state index >= 15 is 0 Å². The maximum atomic E-state index is 12.2. The maximum absolute atomic E-state index is 12.2. The van der Waals surface area contributed by atoms with Gasteiger partial charge in [-0.1, -0.05) is 33.8 Å². The van der Waals surface area contributed by atoms with Crippen LogP contribution in [0.15, 0.2) is 24.7 Å². The first-order chi connectivity index (χ1) is 10.3. The number of carbonyl (C=O) groups is 2. The lowest BCUT2D eigenvalue weighted by Crippen LogP contribution is -2.56. The Balaban J connectivity index is 2.32. The Morgan fingerprint density at radius 1 is 1.36 bits per heavy atom. The number of aromatic nitrogens is 2. The minimum absolute atomic E-state index is 0.0335. The third-order valence-electron chi connectivity index (χ3n) is 3.84. The van der Waals surface area contributed by atoms with E-state index in [9.17, 15) is 9.59 Å². The Hall–Kier alpha value is -2.37. The lowest BCUT2D eigenvalue weighted by molar-refractivity contribution is -0.132. The van der Waals surface area contributed by atoms with Crippen LogP contribution >= 0.6 is 0 Å².